The summed E-state index contributed by atoms with van der Waals surface area (Å²) in [4.78, 5) is 11.4. The quantitative estimate of drug-likeness (QED) is 0.837. The molecule has 1 aromatic carbocycles. The van der Waals surface area contributed by atoms with Crippen molar-refractivity contribution < 1.29 is 0 Å². The smallest absolute Gasteiger partial charge is 0.227 e. The van der Waals surface area contributed by atoms with Gasteiger partial charge in [0.1, 0.15) is 5.82 Å². The SMILES string of the molecule is NCNc1cc(-c2ccc(Cl)cc2Cl)nc(N2CCCC2)n1. The highest BCUT2D eigenvalue weighted by Gasteiger charge is 2.18. The molecule has 0 bridgehead atoms. The predicted molar refractivity (Wildman–Crippen MR) is 91.6 cm³/mol. The minimum Gasteiger partial charge on any atom is -0.358 e. The van der Waals surface area contributed by atoms with E-state index in [2.05, 4.69) is 20.2 Å². The Bertz CT molecular complexity index is 671. The molecule has 22 heavy (non-hydrogen) atoms. The van der Waals surface area contributed by atoms with Crippen molar-refractivity contribution in [2.45, 2.75) is 12.8 Å². The summed E-state index contributed by atoms with van der Waals surface area (Å²) in [5.41, 5.74) is 7.16. The van der Waals surface area contributed by atoms with Crippen LogP contribution >= 0.6 is 23.2 Å². The molecule has 1 aliphatic heterocycles. The normalized spacial score (nSPS) is 14.4. The summed E-state index contributed by atoms with van der Waals surface area (Å²) < 4.78 is 0. The van der Waals surface area contributed by atoms with Gasteiger partial charge >= 0.3 is 0 Å². The maximum Gasteiger partial charge on any atom is 0.227 e. The fourth-order valence-corrected chi connectivity index (χ4v) is 3.03. The average Bonchev–Trinajstić information content (AvgIpc) is 3.01. The second kappa shape index (κ2) is 6.69. The van der Waals surface area contributed by atoms with Crippen molar-refractivity contribution in [1.29, 1.82) is 0 Å². The van der Waals surface area contributed by atoms with Gasteiger partial charge in [0.05, 0.1) is 17.4 Å². The summed E-state index contributed by atoms with van der Waals surface area (Å²) in [6.07, 6.45) is 2.32. The number of nitrogens with zero attached hydrogens (tertiary/aromatic N) is 3. The zero-order chi connectivity index (χ0) is 15.5. The van der Waals surface area contributed by atoms with Crippen molar-refractivity contribution in [3.8, 4) is 11.3 Å². The summed E-state index contributed by atoms with van der Waals surface area (Å²) in [6, 6.07) is 7.23. The van der Waals surface area contributed by atoms with Crippen LogP contribution in [0.25, 0.3) is 11.3 Å². The largest absolute Gasteiger partial charge is 0.358 e. The summed E-state index contributed by atoms with van der Waals surface area (Å²) in [7, 11) is 0. The van der Waals surface area contributed by atoms with E-state index >= 15 is 0 Å². The zero-order valence-electron chi connectivity index (χ0n) is 12.0. The predicted octanol–water partition coefficient (Wildman–Crippen LogP) is 3.38. The second-order valence-corrected chi connectivity index (χ2v) is 5.98. The van der Waals surface area contributed by atoms with Gasteiger partial charge < -0.3 is 16.0 Å². The third-order valence-corrected chi connectivity index (χ3v) is 4.14. The average molecular weight is 338 g/mol. The molecule has 2 heterocycles. The van der Waals surface area contributed by atoms with Crippen LogP contribution < -0.4 is 16.0 Å². The molecule has 1 saturated heterocycles. The van der Waals surface area contributed by atoms with E-state index in [0.29, 0.717) is 28.5 Å². The number of hydrogen-bond donors (Lipinski definition) is 2. The minimum atomic E-state index is 0.310. The van der Waals surface area contributed by atoms with Gasteiger partial charge in [-0.25, -0.2) is 4.98 Å². The first-order chi connectivity index (χ1) is 10.7. The van der Waals surface area contributed by atoms with Crippen molar-refractivity contribution in [1.82, 2.24) is 9.97 Å². The van der Waals surface area contributed by atoms with Crippen LogP contribution in [0.3, 0.4) is 0 Å². The molecule has 1 aromatic heterocycles. The maximum atomic E-state index is 6.30. The highest BCUT2D eigenvalue weighted by molar-refractivity contribution is 6.36. The monoisotopic (exact) mass is 337 g/mol. The third-order valence-electron chi connectivity index (χ3n) is 3.59. The Labute approximate surface area is 139 Å². The number of halogens is 2. The van der Waals surface area contributed by atoms with Crippen LogP contribution in [0.15, 0.2) is 24.3 Å². The lowest BCUT2D eigenvalue weighted by molar-refractivity contribution is 0.898. The van der Waals surface area contributed by atoms with Gasteiger partial charge in [0, 0.05) is 29.7 Å². The van der Waals surface area contributed by atoms with E-state index in [9.17, 15) is 0 Å². The Morgan fingerprint density at radius 3 is 2.59 bits per heavy atom. The zero-order valence-corrected chi connectivity index (χ0v) is 13.5. The van der Waals surface area contributed by atoms with Gasteiger partial charge in [0.2, 0.25) is 5.95 Å². The van der Waals surface area contributed by atoms with Crippen molar-refractivity contribution in [2.24, 2.45) is 5.73 Å². The molecule has 3 N–H and O–H groups in total. The van der Waals surface area contributed by atoms with Crippen LogP contribution in [0.4, 0.5) is 11.8 Å². The molecule has 1 aliphatic rings. The number of aromatic nitrogens is 2. The van der Waals surface area contributed by atoms with Crippen LogP contribution in [-0.2, 0) is 0 Å². The Morgan fingerprint density at radius 1 is 1.14 bits per heavy atom. The molecule has 3 rings (SSSR count). The van der Waals surface area contributed by atoms with E-state index in [1.54, 1.807) is 12.1 Å². The Kier molecular flexibility index (Phi) is 4.66. The topological polar surface area (TPSA) is 67.1 Å². The van der Waals surface area contributed by atoms with Crippen LogP contribution in [0.1, 0.15) is 12.8 Å². The van der Waals surface area contributed by atoms with Gasteiger partial charge in [-0.2, -0.15) is 4.98 Å². The molecule has 0 aliphatic carbocycles. The number of rotatable bonds is 4. The number of nitrogens with one attached hydrogen (secondary N) is 1. The lowest BCUT2D eigenvalue weighted by Crippen LogP contribution is -2.22. The molecule has 0 saturated carbocycles. The fourth-order valence-electron chi connectivity index (χ4n) is 2.52. The minimum absolute atomic E-state index is 0.310. The number of hydrogen-bond acceptors (Lipinski definition) is 5. The lowest BCUT2D eigenvalue weighted by Gasteiger charge is -2.17. The Hall–Kier alpha value is -1.56. The summed E-state index contributed by atoms with van der Waals surface area (Å²) in [6.45, 7) is 2.25. The molecule has 0 radical (unpaired) electrons. The van der Waals surface area contributed by atoms with E-state index in [0.717, 1.165) is 37.2 Å². The lowest BCUT2D eigenvalue weighted by atomic mass is 10.1. The van der Waals surface area contributed by atoms with Crippen molar-refractivity contribution in [3.05, 3.63) is 34.3 Å². The van der Waals surface area contributed by atoms with E-state index in [1.165, 1.54) is 0 Å². The second-order valence-electron chi connectivity index (χ2n) is 5.14. The van der Waals surface area contributed by atoms with Crippen LogP contribution in [-0.4, -0.2) is 29.7 Å². The maximum absolute atomic E-state index is 6.30. The summed E-state index contributed by atoms with van der Waals surface area (Å²) in [5.74, 6) is 1.40. The van der Waals surface area contributed by atoms with Gasteiger partial charge in [-0.1, -0.05) is 23.2 Å². The Morgan fingerprint density at radius 2 is 1.91 bits per heavy atom. The first-order valence-electron chi connectivity index (χ1n) is 7.21. The Balaban J connectivity index is 2.05. The standard InChI is InChI=1S/C15H17Cl2N5/c16-10-3-4-11(12(17)7-10)13-8-14(19-9-18)21-15(20-13)22-5-1-2-6-22/h3-4,7-8H,1-2,5-6,9,18H2,(H,19,20,21). The molecule has 5 nitrogen and oxygen atoms in total. The molecule has 2 aromatic rings. The van der Waals surface area contributed by atoms with Crippen molar-refractivity contribution in [3.63, 3.8) is 0 Å². The van der Waals surface area contributed by atoms with Crippen LogP contribution in [0.2, 0.25) is 10.0 Å². The van der Waals surface area contributed by atoms with Crippen molar-refractivity contribution in [2.75, 3.05) is 30.0 Å². The third kappa shape index (κ3) is 3.27. The number of nitrogens with two attached hydrogens (primary N) is 1. The van der Waals surface area contributed by atoms with E-state index in [-0.39, 0.29) is 0 Å². The molecule has 0 spiro atoms. The van der Waals surface area contributed by atoms with Gasteiger partial charge in [0.15, 0.2) is 0 Å². The molecule has 116 valence electrons. The van der Waals surface area contributed by atoms with Gasteiger partial charge in [-0.05, 0) is 31.0 Å². The van der Waals surface area contributed by atoms with Crippen molar-refractivity contribution >= 4 is 35.0 Å². The molecular weight excluding hydrogens is 321 g/mol. The van der Waals surface area contributed by atoms with Crippen LogP contribution in [0.5, 0.6) is 0 Å². The molecular formula is C15H17Cl2N5. The molecule has 0 amide bonds. The molecule has 0 atom stereocenters. The first kappa shape index (κ1) is 15.3. The summed E-state index contributed by atoms with van der Waals surface area (Å²) in [5, 5.41) is 4.21. The first-order valence-corrected chi connectivity index (χ1v) is 7.96. The van der Waals surface area contributed by atoms with E-state index in [4.69, 9.17) is 28.9 Å². The highest BCUT2D eigenvalue weighted by atomic mass is 35.5. The molecule has 0 unspecified atom stereocenters. The molecule has 1 fully saturated rings. The van der Waals surface area contributed by atoms with E-state index < -0.39 is 0 Å². The fraction of sp³-hybridized carbons (Fsp3) is 0.333. The van der Waals surface area contributed by atoms with Gasteiger partial charge in [0.25, 0.3) is 0 Å². The van der Waals surface area contributed by atoms with Gasteiger partial charge in [-0.3, -0.25) is 0 Å². The number of anilines is 2. The van der Waals surface area contributed by atoms with Gasteiger partial charge in [-0.15, -0.1) is 0 Å². The summed E-state index contributed by atoms with van der Waals surface area (Å²) >= 11 is 12.3. The van der Waals surface area contributed by atoms with Crippen LogP contribution in [0, 0.1) is 0 Å². The highest BCUT2D eigenvalue weighted by Crippen LogP contribution is 2.31. The van der Waals surface area contributed by atoms with E-state index in [1.807, 2.05) is 12.1 Å². The number of benzene rings is 1. The molecule has 7 heteroatoms.